The molecule has 19 heavy (non-hydrogen) atoms. The van der Waals surface area contributed by atoms with E-state index in [4.69, 9.17) is 0 Å². The van der Waals surface area contributed by atoms with E-state index in [0.29, 0.717) is 17.5 Å². The van der Waals surface area contributed by atoms with Crippen LogP contribution >= 0.6 is 15.9 Å². The summed E-state index contributed by atoms with van der Waals surface area (Å²) in [4.78, 5) is 22.7. The molecule has 0 radical (unpaired) electrons. The molecule has 0 aliphatic rings. The molecule has 0 heterocycles. The van der Waals surface area contributed by atoms with Crippen LogP contribution in [0.15, 0.2) is 12.1 Å². The molecule has 0 spiro atoms. The zero-order valence-electron chi connectivity index (χ0n) is 10.2. The monoisotopic (exact) mass is 336 g/mol. The molecule has 0 saturated heterocycles. The number of benzene rings is 1. The first-order valence-corrected chi connectivity index (χ1v) is 6.38. The Hall–Kier alpha value is -1.57. The second-order valence-electron chi connectivity index (χ2n) is 3.96. The molecule has 1 unspecified atom stereocenters. The number of nitro groups is 1. The minimum atomic E-state index is -1.33. The molecule has 0 aliphatic heterocycles. The molecule has 1 aromatic rings. The Morgan fingerprint density at radius 2 is 2.11 bits per heavy atom. The number of nitro benzene ring substituents is 1. The van der Waals surface area contributed by atoms with E-state index in [1.807, 2.05) is 0 Å². The van der Waals surface area contributed by atoms with Gasteiger partial charge in [0, 0.05) is 18.4 Å². The standard InChI is InChI=1S/C11H11BrF2N2O3/c1-6(5-12)15(2)11(17)8-3-7(13)4-9(10(8)14)16(18)19/h3-4,6H,5H2,1-2H3. The van der Waals surface area contributed by atoms with Crippen molar-refractivity contribution in [1.29, 1.82) is 0 Å². The third-order valence-electron chi connectivity index (χ3n) is 2.65. The van der Waals surface area contributed by atoms with Gasteiger partial charge in [-0.25, -0.2) is 4.39 Å². The quantitative estimate of drug-likeness (QED) is 0.482. The Kier molecular flexibility index (Phi) is 4.93. The number of alkyl halides is 1. The Morgan fingerprint density at radius 1 is 1.53 bits per heavy atom. The summed E-state index contributed by atoms with van der Waals surface area (Å²) < 4.78 is 27.0. The third-order valence-corrected chi connectivity index (χ3v) is 3.59. The highest BCUT2D eigenvalue weighted by atomic mass is 79.9. The molecule has 8 heteroatoms. The zero-order valence-corrected chi connectivity index (χ0v) is 11.8. The normalized spacial score (nSPS) is 12.1. The van der Waals surface area contributed by atoms with Crippen LogP contribution in [0.3, 0.4) is 0 Å². The van der Waals surface area contributed by atoms with Crippen molar-refractivity contribution in [2.24, 2.45) is 0 Å². The molecule has 0 aliphatic carbocycles. The number of carbonyl (C=O) groups is 1. The predicted molar refractivity (Wildman–Crippen MR) is 68.4 cm³/mol. The van der Waals surface area contributed by atoms with Crippen molar-refractivity contribution in [2.75, 3.05) is 12.4 Å². The summed E-state index contributed by atoms with van der Waals surface area (Å²) in [5, 5.41) is 11.0. The van der Waals surface area contributed by atoms with Gasteiger partial charge in [0.2, 0.25) is 5.82 Å². The van der Waals surface area contributed by atoms with E-state index in [0.717, 1.165) is 0 Å². The van der Waals surface area contributed by atoms with Crippen molar-refractivity contribution in [2.45, 2.75) is 13.0 Å². The second kappa shape index (κ2) is 6.05. The molecule has 0 saturated carbocycles. The van der Waals surface area contributed by atoms with Crippen LogP contribution in [-0.2, 0) is 0 Å². The number of hydrogen-bond acceptors (Lipinski definition) is 3. The van der Waals surface area contributed by atoms with E-state index >= 15 is 0 Å². The lowest BCUT2D eigenvalue weighted by atomic mass is 10.1. The first-order valence-electron chi connectivity index (χ1n) is 5.26. The van der Waals surface area contributed by atoms with Gasteiger partial charge in [-0.05, 0) is 13.0 Å². The molecule has 1 aromatic carbocycles. The van der Waals surface area contributed by atoms with Gasteiger partial charge in [0.25, 0.3) is 5.91 Å². The van der Waals surface area contributed by atoms with Gasteiger partial charge in [-0.15, -0.1) is 0 Å². The van der Waals surface area contributed by atoms with Crippen molar-refractivity contribution < 1.29 is 18.5 Å². The fourth-order valence-corrected chi connectivity index (χ4v) is 1.79. The predicted octanol–water partition coefficient (Wildman–Crippen LogP) is 2.73. The maximum Gasteiger partial charge on any atom is 0.308 e. The van der Waals surface area contributed by atoms with Gasteiger partial charge in [0.1, 0.15) is 5.82 Å². The molecule has 0 aromatic heterocycles. The van der Waals surface area contributed by atoms with Crippen LogP contribution in [-0.4, -0.2) is 34.2 Å². The maximum atomic E-state index is 13.8. The number of halogens is 3. The van der Waals surface area contributed by atoms with Crippen molar-refractivity contribution in [1.82, 2.24) is 4.90 Å². The smallest absolute Gasteiger partial charge is 0.308 e. The Balaban J connectivity index is 3.27. The third kappa shape index (κ3) is 3.25. The SMILES string of the molecule is CC(CBr)N(C)C(=O)c1cc(F)cc([N+](=O)[O-])c1F. The van der Waals surface area contributed by atoms with E-state index in [-0.39, 0.29) is 6.04 Å². The van der Waals surface area contributed by atoms with Crippen LogP contribution in [0.4, 0.5) is 14.5 Å². The lowest BCUT2D eigenvalue weighted by Gasteiger charge is -2.23. The highest BCUT2D eigenvalue weighted by Gasteiger charge is 2.27. The van der Waals surface area contributed by atoms with Crippen LogP contribution in [0.5, 0.6) is 0 Å². The summed E-state index contributed by atoms with van der Waals surface area (Å²) in [6.07, 6.45) is 0. The minimum Gasteiger partial charge on any atom is -0.338 e. The molecule has 1 rings (SSSR count). The van der Waals surface area contributed by atoms with Crippen molar-refractivity contribution in [3.63, 3.8) is 0 Å². The zero-order chi connectivity index (χ0) is 14.7. The van der Waals surface area contributed by atoms with E-state index in [2.05, 4.69) is 15.9 Å². The highest BCUT2D eigenvalue weighted by molar-refractivity contribution is 9.09. The van der Waals surface area contributed by atoms with Gasteiger partial charge in [0.15, 0.2) is 0 Å². The molecule has 5 nitrogen and oxygen atoms in total. The molecular formula is C11H11BrF2N2O3. The topological polar surface area (TPSA) is 63.5 Å². The van der Waals surface area contributed by atoms with Crippen molar-refractivity contribution >= 4 is 27.5 Å². The molecule has 104 valence electrons. The van der Waals surface area contributed by atoms with Gasteiger partial charge in [0.05, 0.1) is 16.6 Å². The lowest BCUT2D eigenvalue weighted by molar-refractivity contribution is -0.387. The van der Waals surface area contributed by atoms with E-state index in [1.54, 1.807) is 6.92 Å². The summed E-state index contributed by atoms with van der Waals surface area (Å²) in [6, 6.07) is 0.830. The second-order valence-corrected chi connectivity index (χ2v) is 4.61. The largest absolute Gasteiger partial charge is 0.338 e. The molecule has 0 N–H and O–H groups in total. The van der Waals surface area contributed by atoms with Crippen LogP contribution in [0.2, 0.25) is 0 Å². The van der Waals surface area contributed by atoms with Gasteiger partial charge in [-0.1, -0.05) is 15.9 Å². The van der Waals surface area contributed by atoms with Crippen molar-refractivity contribution in [3.05, 3.63) is 39.4 Å². The van der Waals surface area contributed by atoms with E-state index in [9.17, 15) is 23.7 Å². The molecule has 0 fully saturated rings. The first kappa shape index (κ1) is 15.5. The number of hydrogen-bond donors (Lipinski definition) is 0. The summed E-state index contributed by atoms with van der Waals surface area (Å²) in [5.41, 5.74) is -1.70. The van der Waals surface area contributed by atoms with Gasteiger partial charge in [-0.3, -0.25) is 14.9 Å². The molecule has 0 bridgehead atoms. The van der Waals surface area contributed by atoms with Crippen LogP contribution in [0.25, 0.3) is 0 Å². The number of carbonyl (C=O) groups excluding carboxylic acids is 1. The molecule has 1 amide bonds. The average molecular weight is 337 g/mol. The van der Waals surface area contributed by atoms with Crippen LogP contribution in [0.1, 0.15) is 17.3 Å². The lowest BCUT2D eigenvalue weighted by Crippen LogP contribution is -2.36. The minimum absolute atomic E-state index is 0.269. The first-order chi connectivity index (χ1) is 8.79. The van der Waals surface area contributed by atoms with Gasteiger partial charge >= 0.3 is 5.69 Å². The fourth-order valence-electron chi connectivity index (χ4n) is 1.36. The van der Waals surface area contributed by atoms with Gasteiger partial charge in [-0.2, -0.15) is 4.39 Å². The summed E-state index contributed by atoms with van der Waals surface area (Å²) in [6.45, 7) is 1.69. The number of nitrogens with zero attached hydrogens (tertiary/aromatic N) is 2. The Labute approximate surface area is 116 Å². The Bertz CT molecular complexity index is 525. The number of rotatable bonds is 4. The molecular weight excluding hydrogens is 326 g/mol. The summed E-state index contributed by atoms with van der Waals surface area (Å²) >= 11 is 3.16. The van der Waals surface area contributed by atoms with Crippen LogP contribution < -0.4 is 0 Å². The summed E-state index contributed by atoms with van der Waals surface area (Å²) in [7, 11) is 1.41. The van der Waals surface area contributed by atoms with Gasteiger partial charge < -0.3 is 4.90 Å². The maximum absolute atomic E-state index is 13.8. The van der Waals surface area contributed by atoms with Crippen LogP contribution in [0, 0.1) is 21.7 Å². The highest BCUT2D eigenvalue weighted by Crippen LogP contribution is 2.23. The van der Waals surface area contributed by atoms with Crippen molar-refractivity contribution in [3.8, 4) is 0 Å². The Morgan fingerprint density at radius 3 is 2.58 bits per heavy atom. The van der Waals surface area contributed by atoms with E-state index in [1.165, 1.54) is 11.9 Å². The van der Waals surface area contributed by atoms with E-state index < -0.39 is 33.7 Å². The molecule has 1 atom stereocenters. The number of amides is 1. The average Bonchev–Trinajstić information content (AvgIpc) is 2.37. The summed E-state index contributed by atoms with van der Waals surface area (Å²) in [5.74, 6) is -3.17. The fraction of sp³-hybridized carbons (Fsp3) is 0.364.